The quantitative estimate of drug-likeness (QED) is 0.359. The molecule has 0 aromatic heterocycles. The van der Waals surface area contributed by atoms with Crippen LogP contribution in [0.5, 0.6) is 0 Å². The number of nitrogens with one attached hydrogen (secondary N) is 2. The normalized spacial score (nSPS) is 10.8. The predicted octanol–water partition coefficient (Wildman–Crippen LogP) is 4.34. The van der Waals surface area contributed by atoms with Gasteiger partial charge in [-0.25, -0.2) is 4.79 Å². The van der Waals surface area contributed by atoms with Gasteiger partial charge in [0.1, 0.15) is 0 Å². The first-order chi connectivity index (χ1) is 16.9. The average molecular weight is 485 g/mol. The molecule has 1 atom stereocenters. The Labute approximate surface area is 206 Å². The van der Waals surface area contributed by atoms with Crippen LogP contribution in [-0.4, -0.2) is 29.6 Å². The fourth-order valence-corrected chi connectivity index (χ4v) is 3.80. The monoisotopic (exact) mass is 484 g/mol. The second-order valence-electron chi connectivity index (χ2n) is 7.26. The Morgan fingerprint density at radius 3 is 2.11 bits per heavy atom. The molecule has 0 fully saturated rings. The highest BCUT2D eigenvalue weighted by Gasteiger charge is 2.21. The van der Waals surface area contributed by atoms with Gasteiger partial charge in [-0.3, -0.25) is 9.59 Å². The van der Waals surface area contributed by atoms with Crippen LogP contribution in [0.2, 0.25) is 0 Å². The third kappa shape index (κ3) is 7.19. The summed E-state index contributed by atoms with van der Waals surface area (Å²) in [4.78, 5) is 38.1. The van der Waals surface area contributed by atoms with Gasteiger partial charge in [0.05, 0.1) is 34.6 Å². The fraction of sp³-hybridized carbons (Fsp3) is 0.115. The minimum absolute atomic E-state index is 0.0202. The second kappa shape index (κ2) is 12.0. The second-order valence-corrected chi connectivity index (χ2v) is 8.27. The van der Waals surface area contributed by atoms with Crippen molar-refractivity contribution < 1.29 is 19.1 Å². The van der Waals surface area contributed by atoms with Crippen molar-refractivity contribution >= 4 is 40.9 Å². The van der Waals surface area contributed by atoms with Crippen molar-refractivity contribution in [2.45, 2.75) is 17.9 Å². The van der Waals surface area contributed by atoms with Crippen molar-refractivity contribution in [2.24, 2.45) is 0 Å². The summed E-state index contributed by atoms with van der Waals surface area (Å²) in [5.41, 5.74) is 1.96. The van der Waals surface area contributed by atoms with Crippen LogP contribution in [0.3, 0.4) is 0 Å². The molecule has 0 radical (unpaired) electrons. The number of carbonyl (C=O) groups excluding carboxylic acids is 3. The topological polar surface area (TPSA) is 132 Å². The first kappa shape index (κ1) is 25.0. The zero-order valence-corrected chi connectivity index (χ0v) is 19.5. The van der Waals surface area contributed by atoms with E-state index in [-0.39, 0.29) is 17.2 Å². The van der Waals surface area contributed by atoms with E-state index < -0.39 is 18.0 Å². The Bertz CT molecular complexity index is 1340. The van der Waals surface area contributed by atoms with Gasteiger partial charge in [-0.2, -0.15) is 10.5 Å². The number of rotatable bonds is 8. The van der Waals surface area contributed by atoms with Crippen LogP contribution in [0, 0.1) is 22.7 Å². The lowest BCUT2D eigenvalue weighted by Gasteiger charge is -2.15. The van der Waals surface area contributed by atoms with Crippen molar-refractivity contribution in [3.05, 3.63) is 89.5 Å². The molecule has 35 heavy (non-hydrogen) atoms. The molecule has 0 saturated carbocycles. The Hall–Kier alpha value is -4.60. The highest BCUT2D eigenvalue weighted by atomic mass is 32.2. The summed E-state index contributed by atoms with van der Waals surface area (Å²) >= 11 is 1.15. The molecule has 0 spiro atoms. The number of nitriles is 2. The molecule has 3 rings (SSSR count). The van der Waals surface area contributed by atoms with Crippen LogP contribution in [-0.2, 0) is 14.3 Å². The van der Waals surface area contributed by atoms with E-state index in [1.54, 1.807) is 66.7 Å². The first-order valence-corrected chi connectivity index (χ1v) is 11.4. The van der Waals surface area contributed by atoms with E-state index in [1.165, 1.54) is 13.0 Å². The maximum Gasteiger partial charge on any atom is 0.340 e. The van der Waals surface area contributed by atoms with Crippen LogP contribution >= 0.6 is 11.8 Å². The van der Waals surface area contributed by atoms with Gasteiger partial charge in [0.15, 0.2) is 6.10 Å². The minimum atomic E-state index is -1.10. The molecule has 1 unspecified atom stereocenters. The lowest BCUT2D eigenvalue weighted by atomic mass is 10.2. The predicted molar refractivity (Wildman–Crippen MR) is 132 cm³/mol. The van der Waals surface area contributed by atoms with Crippen molar-refractivity contribution in [3.63, 3.8) is 0 Å². The van der Waals surface area contributed by atoms with Crippen molar-refractivity contribution in [2.75, 3.05) is 16.4 Å². The number of esters is 1. The molecule has 0 aliphatic heterocycles. The van der Waals surface area contributed by atoms with E-state index in [9.17, 15) is 14.4 Å². The zero-order chi connectivity index (χ0) is 25.2. The summed E-state index contributed by atoms with van der Waals surface area (Å²) < 4.78 is 5.34. The van der Waals surface area contributed by atoms with E-state index in [2.05, 4.69) is 10.6 Å². The number of anilines is 2. The molecular formula is C26H20N4O4S. The van der Waals surface area contributed by atoms with Gasteiger partial charge < -0.3 is 15.4 Å². The molecule has 174 valence electrons. The first-order valence-electron chi connectivity index (χ1n) is 10.4. The minimum Gasteiger partial charge on any atom is -0.449 e. The van der Waals surface area contributed by atoms with Gasteiger partial charge in [0, 0.05) is 16.3 Å². The molecule has 0 aliphatic carbocycles. The van der Waals surface area contributed by atoms with Gasteiger partial charge >= 0.3 is 5.97 Å². The van der Waals surface area contributed by atoms with Crippen molar-refractivity contribution in [3.8, 4) is 12.1 Å². The van der Waals surface area contributed by atoms with Crippen LogP contribution < -0.4 is 10.6 Å². The van der Waals surface area contributed by atoms with E-state index in [0.29, 0.717) is 27.4 Å². The summed E-state index contributed by atoms with van der Waals surface area (Å²) in [6.07, 6.45) is -1.10. The third-order valence-corrected chi connectivity index (χ3v) is 5.73. The molecule has 8 nitrogen and oxygen atoms in total. The molecule has 0 aliphatic rings. The maximum absolute atomic E-state index is 12.7. The van der Waals surface area contributed by atoms with Crippen molar-refractivity contribution in [1.82, 2.24) is 0 Å². The van der Waals surface area contributed by atoms with Crippen LogP contribution in [0.1, 0.15) is 28.4 Å². The zero-order valence-electron chi connectivity index (χ0n) is 18.6. The van der Waals surface area contributed by atoms with Gasteiger partial charge in [-0.15, -0.1) is 11.8 Å². The third-order valence-electron chi connectivity index (χ3n) is 4.65. The van der Waals surface area contributed by atoms with Crippen LogP contribution in [0.4, 0.5) is 11.4 Å². The molecule has 3 aromatic rings. The summed E-state index contributed by atoms with van der Waals surface area (Å²) in [5.74, 6) is -1.53. The van der Waals surface area contributed by atoms with Gasteiger partial charge in [-0.1, -0.05) is 24.3 Å². The van der Waals surface area contributed by atoms with Gasteiger partial charge in [0.2, 0.25) is 5.91 Å². The van der Waals surface area contributed by atoms with Crippen LogP contribution in [0.15, 0.2) is 77.7 Å². The Balaban J connectivity index is 1.59. The Kier molecular flexibility index (Phi) is 8.60. The summed E-state index contributed by atoms with van der Waals surface area (Å²) in [6.45, 7) is 1.44. The fourth-order valence-electron chi connectivity index (χ4n) is 2.96. The lowest BCUT2D eigenvalue weighted by molar-refractivity contribution is -0.123. The number of benzene rings is 3. The standard InChI is InChI=1S/C26H20N4O4S/c1-17(25(32)30-21-9-5-7-19(13-21)15-28)34-26(33)22-10-2-3-11-23(22)35-16-24(31)29-20-8-4-6-18(12-20)14-27/h2-13,17H,16H2,1H3,(H,29,31)(H,30,32). The summed E-state index contributed by atoms with van der Waals surface area (Å²) in [7, 11) is 0. The van der Waals surface area contributed by atoms with Crippen molar-refractivity contribution in [1.29, 1.82) is 10.5 Å². The summed E-state index contributed by atoms with van der Waals surface area (Å²) in [5, 5.41) is 23.3. The van der Waals surface area contributed by atoms with E-state index in [4.69, 9.17) is 15.3 Å². The SMILES string of the molecule is CC(OC(=O)c1ccccc1SCC(=O)Nc1cccc(C#N)c1)C(=O)Nc1cccc(C#N)c1. The number of amides is 2. The molecule has 9 heteroatoms. The number of hydrogen-bond donors (Lipinski definition) is 2. The molecule has 0 saturated heterocycles. The van der Waals surface area contributed by atoms with E-state index >= 15 is 0 Å². The Morgan fingerprint density at radius 1 is 0.886 bits per heavy atom. The van der Waals surface area contributed by atoms with Gasteiger partial charge in [-0.05, 0) is 55.5 Å². The molecular weight excluding hydrogens is 464 g/mol. The number of nitrogens with zero attached hydrogens (tertiary/aromatic N) is 2. The van der Waals surface area contributed by atoms with E-state index in [0.717, 1.165) is 11.8 Å². The smallest absolute Gasteiger partial charge is 0.340 e. The molecule has 0 heterocycles. The van der Waals surface area contributed by atoms with E-state index in [1.807, 2.05) is 12.1 Å². The summed E-state index contributed by atoms with van der Waals surface area (Å²) in [6, 6.07) is 23.6. The molecule has 0 bridgehead atoms. The number of hydrogen-bond acceptors (Lipinski definition) is 7. The molecule has 2 N–H and O–H groups in total. The highest BCUT2D eigenvalue weighted by Crippen LogP contribution is 2.24. The lowest BCUT2D eigenvalue weighted by Crippen LogP contribution is -2.30. The Morgan fingerprint density at radius 2 is 1.49 bits per heavy atom. The largest absolute Gasteiger partial charge is 0.449 e. The van der Waals surface area contributed by atoms with Gasteiger partial charge in [0.25, 0.3) is 5.91 Å². The highest BCUT2D eigenvalue weighted by molar-refractivity contribution is 8.00. The number of ether oxygens (including phenoxy) is 1. The molecule has 3 aromatic carbocycles. The number of thioether (sulfide) groups is 1. The average Bonchev–Trinajstić information content (AvgIpc) is 2.87. The van der Waals surface area contributed by atoms with Crippen LogP contribution in [0.25, 0.3) is 0 Å². The maximum atomic E-state index is 12.7. The molecule has 2 amide bonds. The number of carbonyl (C=O) groups is 3.